The molecule has 188 valence electrons. The SMILES string of the molecule is O=C(C[N+]12CCC(CC1)[C@@H](OC(=O)C(O)(c1cccs1)C1CCC(F)(F)C1)C2)Nc1ccncn1. The predicted octanol–water partition coefficient (Wildman–Crippen LogP) is 2.95. The highest BCUT2D eigenvalue weighted by atomic mass is 32.1. The second-order valence-electron chi connectivity index (χ2n) is 10.1. The third-order valence-corrected chi connectivity index (χ3v) is 8.83. The lowest BCUT2D eigenvalue weighted by Crippen LogP contribution is -2.66. The first kappa shape index (κ1) is 24.2. The molecular weight excluding hydrogens is 478 g/mol. The molecule has 0 radical (unpaired) electrons. The maximum absolute atomic E-state index is 14.0. The zero-order chi connectivity index (χ0) is 24.7. The smallest absolute Gasteiger partial charge is 0.344 e. The molecule has 1 saturated carbocycles. The van der Waals surface area contributed by atoms with E-state index in [4.69, 9.17) is 4.74 Å². The van der Waals surface area contributed by atoms with Gasteiger partial charge in [-0.3, -0.25) is 4.79 Å². The van der Waals surface area contributed by atoms with Crippen molar-refractivity contribution >= 4 is 29.0 Å². The molecule has 0 aromatic carbocycles. The average Bonchev–Trinajstić information content (AvgIpc) is 3.50. The van der Waals surface area contributed by atoms with Gasteiger partial charge in [-0.2, -0.15) is 0 Å². The Labute approximate surface area is 205 Å². The molecule has 5 heterocycles. The number of esters is 1. The molecule has 2 unspecified atom stereocenters. The number of ether oxygens (including phenoxy) is 1. The summed E-state index contributed by atoms with van der Waals surface area (Å²) >= 11 is 1.17. The number of carbonyl (C=O) groups excluding carboxylic acids is 2. The minimum absolute atomic E-state index is 0.0494. The highest BCUT2D eigenvalue weighted by Crippen LogP contribution is 2.49. The molecule has 3 saturated heterocycles. The van der Waals surface area contributed by atoms with E-state index >= 15 is 0 Å². The molecule has 2 aromatic rings. The van der Waals surface area contributed by atoms with Crippen LogP contribution in [-0.4, -0.2) is 69.6 Å². The number of nitrogens with zero attached hydrogens (tertiary/aromatic N) is 3. The highest BCUT2D eigenvalue weighted by Gasteiger charge is 2.57. The summed E-state index contributed by atoms with van der Waals surface area (Å²) in [5.74, 6) is -4.30. The number of hydrogen-bond acceptors (Lipinski definition) is 7. The quantitative estimate of drug-likeness (QED) is 0.442. The number of fused-ring (bicyclic) bond motifs is 3. The Morgan fingerprint density at radius 3 is 2.71 bits per heavy atom. The number of amides is 1. The Bertz CT molecular complexity index is 1060. The molecule has 1 amide bonds. The highest BCUT2D eigenvalue weighted by molar-refractivity contribution is 7.10. The summed E-state index contributed by atoms with van der Waals surface area (Å²) in [7, 11) is 0. The second-order valence-corrected chi connectivity index (χ2v) is 11.0. The lowest BCUT2D eigenvalue weighted by atomic mass is 9.82. The van der Waals surface area contributed by atoms with Gasteiger partial charge in [-0.05, 0) is 23.9 Å². The minimum Gasteiger partial charge on any atom is -0.454 e. The normalized spacial score (nSPS) is 31.0. The van der Waals surface area contributed by atoms with Gasteiger partial charge in [-0.25, -0.2) is 23.5 Å². The Kier molecular flexibility index (Phi) is 6.35. The van der Waals surface area contributed by atoms with Crippen LogP contribution in [0.3, 0.4) is 0 Å². The maximum Gasteiger partial charge on any atom is 0.344 e. The summed E-state index contributed by atoms with van der Waals surface area (Å²) < 4.78 is 34.5. The van der Waals surface area contributed by atoms with Gasteiger partial charge in [0, 0.05) is 48.6 Å². The molecule has 11 heteroatoms. The van der Waals surface area contributed by atoms with E-state index in [0.29, 0.717) is 21.7 Å². The van der Waals surface area contributed by atoms with Gasteiger partial charge in [0.2, 0.25) is 5.92 Å². The lowest BCUT2D eigenvalue weighted by Gasteiger charge is -2.51. The number of alkyl halides is 2. The molecule has 1 aliphatic carbocycles. The number of piperidine rings is 3. The van der Waals surface area contributed by atoms with Crippen molar-refractivity contribution in [1.82, 2.24) is 9.97 Å². The van der Waals surface area contributed by atoms with Crippen LogP contribution >= 0.6 is 11.3 Å². The van der Waals surface area contributed by atoms with Gasteiger partial charge in [0.25, 0.3) is 5.91 Å². The van der Waals surface area contributed by atoms with Gasteiger partial charge in [-0.15, -0.1) is 11.3 Å². The van der Waals surface area contributed by atoms with Crippen LogP contribution in [0.4, 0.5) is 14.6 Å². The number of aliphatic hydroxyl groups is 1. The van der Waals surface area contributed by atoms with Crippen LogP contribution in [0.5, 0.6) is 0 Å². The Balaban J connectivity index is 1.30. The third kappa shape index (κ3) is 4.81. The molecule has 3 atom stereocenters. The number of quaternary nitrogens is 1. The van der Waals surface area contributed by atoms with Crippen molar-refractivity contribution in [2.75, 3.05) is 31.5 Å². The zero-order valence-corrected chi connectivity index (χ0v) is 20.1. The first-order valence-corrected chi connectivity index (χ1v) is 12.8. The number of carbonyl (C=O) groups is 2. The van der Waals surface area contributed by atoms with Crippen molar-refractivity contribution in [1.29, 1.82) is 0 Å². The van der Waals surface area contributed by atoms with E-state index in [0.717, 1.165) is 25.9 Å². The van der Waals surface area contributed by atoms with E-state index in [-0.39, 0.29) is 31.2 Å². The topological polar surface area (TPSA) is 101 Å². The molecule has 6 rings (SSSR count). The Morgan fingerprint density at radius 1 is 1.29 bits per heavy atom. The largest absolute Gasteiger partial charge is 0.454 e. The molecular formula is C24H29F2N4O4S+. The van der Waals surface area contributed by atoms with Crippen LogP contribution < -0.4 is 5.32 Å². The van der Waals surface area contributed by atoms with Crippen LogP contribution in [0.2, 0.25) is 0 Å². The summed E-state index contributed by atoms with van der Waals surface area (Å²) in [5, 5.41) is 16.1. The fraction of sp³-hybridized carbons (Fsp3) is 0.583. The van der Waals surface area contributed by atoms with Crippen LogP contribution in [0.1, 0.15) is 37.0 Å². The average molecular weight is 508 g/mol. The standard InChI is InChI=1S/C24H28F2N4O4S/c25-23(26)7-3-17(12-23)24(33,19-2-1-11-35-19)22(32)34-18-13-30(9-5-16(18)6-10-30)14-21(31)29-20-4-8-27-15-28-20/h1-2,4,8,11,15-18,33H,3,5-7,9-10,12-14H2/p+1/t16?,17?,18-,24?,30?/m0/s1. The summed E-state index contributed by atoms with van der Waals surface area (Å²) in [6.07, 6.45) is 3.15. The Morgan fingerprint density at radius 2 is 2.09 bits per heavy atom. The maximum atomic E-state index is 14.0. The van der Waals surface area contributed by atoms with Gasteiger partial charge >= 0.3 is 5.97 Å². The first-order chi connectivity index (χ1) is 16.7. The van der Waals surface area contributed by atoms with Crippen molar-refractivity contribution in [2.24, 2.45) is 11.8 Å². The summed E-state index contributed by atoms with van der Waals surface area (Å²) in [4.78, 5) is 34.4. The molecule has 4 aliphatic rings. The third-order valence-electron chi connectivity index (χ3n) is 7.83. The van der Waals surface area contributed by atoms with Crippen LogP contribution in [0.15, 0.2) is 36.1 Å². The Hall–Kier alpha value is -2.50. The van der Waals surface area contributed by atoms with Crippen molar-refractivity contribution in [3.63, 3.8) is 0 Å². The predicted molar refractivity (Wildman–Crippen MR) is 123 cm³/mol. The van der Waals surface area contributed by atoms with Crippen LogP contribution in [0, 0.1) is 11.8 Å². The number of thiophene rings is 1. The lowest BCUT2D eigenvalue weighted by molar-refractivity contribution is -0.939. The molecule has 8 nitrogen and oxygen atoms in total. The fourth-order valence-electron chi connectivity index (χ4n) is 5.93. The van der Waals surface area contributed by atoms with Gasteiger partial charge in [-0.1, -0.05) is 6.07 Å². The second kappa shape index (κ2) is 9.18. The molecule has 0 spiro atoms. The molecule has 2 bridgehead atoms. The zero-order valence-electron chi connectivity index (χ0n) is 19.2. The van der Waals surface area contributed by atoms with Gasteiger partial charge in [0.1, 0.15) is 18.7 Å². The number of rotatable bonds is 7. The van der Waals surface area contributed by atoms with Crippen LogP contribution in [-0.2, 0) is 19.9 Å². The van der Waals surface area contributed by atoms with Gasteiger partial charge < -0.3 is 19.6 Å². The fourth-order valence-corrected chi connectivity index (χ4v) is 6.82. The van der Waals surface area contributed by atoms with E-state index in [9.17, 15) is 23.5 Å². The first-order valence-electron chi connectivity index (χ1n) is 12.0. The van der Waals surface area contributed by atoms with Crippen molar-refractivity contribution in [2.45, 2.75) is 49.7 Å². The van der Waals surface area contributed by atoms with E-state index in [2.05, 4.69) is 15.3 Å². The summed E-state index contributed by atoms with van der Waals surface area (Å²) in [6, 6.07) is 4.91. The summed E-state index contributed by atoms with van der Waals surface area (Å²) in [6.45, 7) is 2.25. The molecule has 3 aliphatic heterocycles. The molecule has 2 N–H and O–H groups in total. The van der Waals surface area contributed by atoms with E-state index in [1.54, 1.807) is 29.8 Å². The minimum atomic E-state index is -2.90. The van der Waals surface area contributed by atoms with E-state index in [1.165, 1.54) is 17.7 Å². The number of halogens is 2. The van der Waals surface area contributed by atoms with Crippen molar-refractivity contribution < 1.29 is 32.7 Å². The molecule has 4 fully saturated rings. The molecule has 35 heavy (non-hydrogen) atoms. The molecule has 2 aromatic heterocycles. The van der Waals surface area contributed by atoms with E-state index in [1.807, 2.05) is 0 Å². The van der Waals surface area contributed by atoms with Crippen molar-refractivity contribution in [3.8, 4) is 0 Å². The van der Waals surface area contributed by atoms with Crippen molar-refractivity contribution in [3.05, 3.63) is 41.0 Å². The van der Waals surface area contributed by atoms with Gasteiger partial charge in [0.15, 0.2) is 18.2 Å². The van der Waals surface area contributed by atoms with Gasteiger partial charge in [0.05, 0.1) is 13.1 Å². The summed E-state index contributed by atoms with van der Waals surface area (Å²) in [5.41, 5.74) is -2.10. The number of hydrogen-bond donors (Lipinski definition) is 2. The van der Waals surface area contributed by atoms with E-state index < -0.39 is 35.9 Å². The number of nitrogens with one attached hydrogen (secondary N) is 1. The monoisotopic (exact) mass is 507 g/mol. The van der Waals surface area contributed by atoms with Crippen LogP contribution in [0.25, 0.3) is 0 Å². The number of anilines is 1. The number of aromatic nitrogens is 2.